The molecule has 1 unspecified atom stereocenters. The number of nitrogens with one attached hydrogen (secondary N) is 1. The van der Waals surface area contributed by atoms with Crippen molar-refractivity contribution in [1.82, 2.24) is 5.32 Å². The highest BCUT2D eigenvalue weighted by Gasteiger charge is 2.18. The van der Waals surface area contributed by atoms with Crippen LogP contribution >= 0.6 is 0 Å². The second-order valence-electron chi connectivity index (χ2n) is 5.55. The van der Waals surface area contributed by atoms with Gasteiger partial charge in [-0.15, -0.1) is 0 Å². The van der Waals surface area contributed by atoms with Crippen LogP contribution in [0, 0.1) is 0 Å². The first-order valence-electron chi connectivity index (χ1n) is 7.90. The molecule has 2 aromatic rings. The molecule has 2 aromatic carbocycles. The molecule has 1 atom stereocenters. The average Bonchev–Trinajstić information content (AvgIpc) is 2.56. The third kappa shape index (κ3) is 4.59. The largest absolute Gasteiger partial charge is 0.465 e. The Morgan fingerprint density at radius 2 is 1.92 bits per heavy atom. The zero-order valence-electron chi connectivity index (χ0n) is 13.8. The number of rotatable bonds is 6. The molecule has 0 aliphatic heterocycles. The molecule has 0 saturated carbocycles. The monoisotopic (exact) mass is 327 g/mol. The maximum absolute atomic E-state index is 11.8. The Morgan fingerprint density at radius 1 is 1.17 bits per heavy atom. The molecule has 5 heteroatoms. The zero-order valence-corrected chi connectivity index (χ0v) is 13.8. The van der Waals surface area contributed by atoms with Crippen LogP contribution in [0.2, 0.25) is 0 Å². The maximum Gasteiger partial charge on any atom is 0.411 e. The first-order chi connectivity index (χ1) is 11.5. The Balaban J connectivity index is 2.19. The van der Waals surface area contributed by atoms with Gasteiger partial charge in [0.15, 0.2) is 0 Å². The fraction of sp³-hybridized carbons (Fsp3) is 0.263. The van der Waals surface area contributed by atoms with Gasteiger partial charge in [0.05, 0.1) is 5.92 Å². The fourth-order valence-electron chi connectivity index (χ4n) is 2.42. The van der Waals surface area contributed by atoms with E-state index in [1.807, 2.05) is 35.6 Å². The van der Waals surface area contributed by atoms with Crippen LogP contribution in [-0.2, 0) is 11.2 Å². The van der Waals surface area contributed by atoms with E-state index in [2.05, 4.69) is 6.92 Å². The van der Waals surface area contributed by atoms with Gasteiger partial charge < -0.3 is 9.84 Å². The van der Waals surface area contributed by atoms with E-state index in [1.54, 1.807) is 25.1 Å². The summed E-state index contributed by atoms with van der Waals surface area (Å²) >= 11 is 0. The Labute approximate surface area is 141 Å². The lowest BCUT2D eigenvalue weighted by atomic mass is 10.0. The van der Waals surface area contributed by atoms with Gasteiger partial charge in [0.25, 0.3) is 0 Å². The van der Waals surface area contributed by atoms with Gasteiger partial charge in [-0.1, -0.05) is 43.7 Å². The molecule has 2 rings (SSSR count). The summed E-state index contributed by atoms with van der Waals surface area (Å²) in [6.07, 6.45) is 0.591. The predicted molar refractivity (Wildman–Crippen MR) is 91.5 cm³/mol. The summed E-state index contributed by atoms with van der Waals surface area (Å²) in [6, 6.07) is 15.0. The number of carbonyl (C=O) groups excluding carboxylic acids is 1. The van der Waals surface area contributed by atoms with Crippen molar-refractivity contribution < 1.29 is 19.4 Å². The molecule has 0 aliphatic rings. The highest BCUT2D eigenvalue weighted by Crippen LogP contribution is 2.28. The molecule has 0 fully saturated rings. The van der Waals surface area contributed by atoms with E-state index >= 15 is 0 Å². The van der Waals surface area contributed by atoms with Crippen molar-refractivity contribution in [2.45, 2.75) is 32.6 Å². The second kappa shape index (κ2) is 8.15. The minimum Gasteiger partial charge on any atom is -0.465 e. The van der Waals surface area contributed by atoms with Crippen molar-refractivity contribution in [2.24, 2.45) is 0 Å². The summed E-state index contributed by atoms with van der Waals surface area (Å²) in [4.78, 5) is 22.4. The van der Waals surface area contributed by atoms with Gasteiger partial charge in [-0.2, -0.15) is 0 Å². The van der Waals surface area contributed by atoms with Crippen LogP contribution in [0.25, 0.3) is 0 Å². The fourth-order valence-corrected chi connectivity index (χ4v) is 2.42. The molecule has 2 amide bonds. The molecule has 0 aromatic heterocycles. The SMILES string of the molecule is CCCc1ccccc1Oc1cccc(C(C)C(=O)NC(=O)O)c1. The van der Waals surface area contributed by atoms with E-state index in [9.17, 15) is 9.59 Å². The van der Waals surface area contributed by atoms with Gasteiger partial charge in [0.2, 0.25) is 5.91 Å². The zero-order chi connectivity index (χ0) is 17.5. The number of para-hydroxylation sites is 1. The Morgan fingerprint density at radius 3 is 2.62 bits per heavy atom. The highest BCUT2D eigenvalue weighted by molar-refractivity contribution is 5.94. The third-order valence-corrected chi connectivity index (χ3v) is 3.70. The number of amides is 2. The first kappa shape index (κ1) is 17.5. The van der Waals surface area contributed by atoms with Crippen LogP contribution < -0.4 is 10.1 Å². The molecule has 24 heavy (non-hydrogen) atoms. The summed E-state index contributed by atoms with van der Waals surface area (Å²) in [5, 5.41) is 10.5. The lowest BCUT2D eigenvalue weighted by molar-refractivity contribution is -0.121. The minimum absolute atomic E-state index is 0.564. The number of aryl methyl sites for hydroxylation is 1. The number of carbonyl (C=O) groups is 2. The van der Waals surface area contributed by atoms with Crippen molar-refractivity contribution >= 4 is 12.0 Å². The molecule has 5 nitrogen and oxygen atoms in total. The standard InChI is InChI=1S/C19H21NO4/c1-3-7-14-8-4-5-11-17(14)24-16-10-6-9-15(12-16)13(2)18(21)20-19(22)23/h4-6,8-13H,3,7H2,1-2H3,(H,20,21)(H,22,23). The van der Waals surface area contributed by atoms with Crippen LogP contribution in [0.4, 0.5) is 4.79 Å². The lowest BCUT2D eigenvalue weighted by Gasteiger charge is -2.14. The van der Waals surface area contributed by atoms with E-state index in [0.717, 1.165) is 24.2 Å². The molecular formula is C19H21NO4. The quantitative estimate of drug-likeness (QED) is 0.828. The smallest absolute Gasteiger partial charge is 0.411 e. The van der Waals surface area contributed by atoms with Gasteiger partial charge in [0, 0.05) is 0 Å². The lowest BCUT2D eigenvalue weighted by Crippen LogP contribution is -2.32. The number of hydrogen-bond donors (Lipinski definition) is 2. The van der Waals surface area contributed by atoms with Gasteiger partial charge in [0.1, 0.15) is 11.5 Å². The van der Waals surface area contributed by atoms with Crippen LogP contribution in [-0.4, -0.2) is 17.1 Å². The van der Waals surface area contributed by atoms with Crippen molar-refractivity contribution in [3.8, 4) is 11.5 Å². The predicted octanol–water partition coefficient (Wildman–Crippen LogP) is 4.33. The van der Waals surface area contributed by atoms with Crippen molar-refractivity contribution in [2.75, 3.05) is 0 Å². The Bertz CT molecular complexity index is 727. The Hall–Kier alpha value is -2.82. The number of hydrogen-bond acceptors (Lipinski definition) is 3. The topological polar surface area (TPSA) is 75.6 Å². The van der Waals surface area contributed by atoms with Crippen LogP contribution in [0.1, 0.15) is 37.3 Å². The molecule has 0 radical (unpaired) electrons. The van der Waals surface area contributed by atoms with E-state index < -0.39 is 17.9 Å². The van der Waals surface area contributed by atoms with E-state index in [1.165, 1.54) is 0 Å². The van der Waals surface area contributed by atoms with Gasteiger partial charge in [-0.25, -0.2) is 4.79 Å². The number of ether oxygens (including phenoxy) is 1. The molecule has 0 spiro atoms. The number of carboxylic acid groups (broad SMARTS) is 1. The normalized spacial score (nSPS) is 11.6. The molecule has 0 heterocycles. The van der Waals surface area contributed by atoms with Gasteiger partial charge in [-0.05, 0) is 42.7 Å². The summed E-state index contributed by atoms with van der Waals surface area (Å²) < 4.78 is 5.97. The van der Waals surface area contributed by atoms with Crippen LogP contribution in [0.5, 0.6) is 11.5 Å². The number of imide groups is 1. The van der Waals surface area contributed by atoms with E-state index in [-0.39, 0.29) is 0 Å². The molecule has 126 valence electrons. The van der Waals surface area contributed by atoms with Gasteiger partial charge in [-0.3, -0.25) is 10.1 Å². The first-order valence-corrected chi connectivity index (χ1v) is 7.90. The van der Waals surface area contributed by atoms with Crippen molar-refractivity contribution in [3.05, 3.63) is 59.7 Å². The molecule has 2 N–H and O–H groups in total. The van der Waals surface area contributed by atoms with Crippen molar-refractivity contribution in [1.29, 1.82) is 0 Å². The second-order valence-corrected chi connectivity index (χ2v) is 5.55. The summed E-state index contributed by atoms with van der Waals surface area (Å²) in [7, 11) is 0. The molecule has 0 aliphatic carbocycles. The molecule has 0 bridgehead atoms. The van der Waals surface area contributed by atoms with Gasteiger partial charge >= 0.3 is 6.09 Å². The average molecular weight is 327 g/mol. The molecule has 0 saturated heterocycles. The number of benzene rings is 2. The highest BCUT2D eigenvalue weighted by atomic mass is 16.5. The molecular weight excluding hydrogens is 306 g/mol. The van der Waals surface area contributed by atoms with Crippen molar-refractivity contribution in [3.63, 3.8) is 0 Å². The van der Waals surface area contributed by atoms with E-state index in [0.29, 0.717) is 11.3 Å². The summed E-state index contributed by atoms with van der Waals surface area (Å²) in [5.41, 5.74) is 1.82. The van der Waals surface area contributed by atoms with E-state index in [4.69, 9.17) is 9.84 Å². The minimum atomic E-state index is -1.35. The van der Waals surface area contributed by atoms with Crippen LogP contribution in [0.3, 0.4) is 0 Å². The van der Waals surface area contributed by atoms with Crippen LogP contribution in [0.15, 0.2) is 48.5 Å². The summed E-state index contributed by atoms with van der Waals surface area (Å²) in [6.45, 7) is 3.77. The summed E-state index contributed by atoms with van der Waals surface area (Å²) in [5.74, 6) is 0.256. The third-order valence-electron chi connectivity index (χ3n) is 3.70. The Kier molecular flexibility index (Phi) is 5.95. The maximum atomic E-state index is 11.8.